The summed E-state index contributed by atoms with van der Waals surface area (Å²) in [5, 5.41) is 8.88. The molecule has 3 heteroatoms. The Morgan fingerprint density at radius 1 is 1.43 bits per heavy atom. The van der Waals surface area contributed by atoms with Crippen LogP contribution in [0, 0.1) is 13.8 Å². The van der Waals surface area contributed by atoms with E-state index in [9.17, 15) is 4.79 Å². The van der Waals surface area contributed by atoms with Gasteiger partial charge in [0, 0.05) is 5.69 Å². The van der Waals surface area contributed by atoms with Crippen LogP contribution in [0.25, 0.3) is 0 Å². The summed E-state index contributed by atoms with van der Waals surface area (Å²) in [6, 6.07) is 1.69. The van der Waals surface area contributed by atoms with E-state index in [1.807, 2.05) is 6.92 Å². The van der Waals surface area contributed by atoms with E-state index >= 15 is 0 Å². The first-order valence-corrected chi connectivity index (χ1v) is 4.65. The normalized spacial score (nSPS) is 10.6. The molecule has 0 saturated heterocycles. The molecule has 0 fully saturated rings. The topological polar surface area (TPSA) is 50.2 Å². The van der Waals surface area contributed by atoms with Crippen LogP contribution in [0.2, 0.25) is 0 Å². The van der Waals surface area contributed by atoms with Gasteiger partial charge in [-0.15, -0.1) is 0 Å². The molecule has 0 unspecified atom stereocenters. The summed E-state index contributed by atoms with van der Waals surface area (Å²) in [5.41, 5.74) is 2.81. The number of carboxylic acids is 1. The monoisotopic (exact) mass is 193 g/mol. The molecule has 1 aromatic heterocycles. The third kappa shape index (κ3) is 1.92. The molecule has 0 aliphatic carbocycles. The molecule has 1 heterocycles. The van der Waals surface area contributed by atoms with Crippen molar-refractivity contribution in [3.63, 3.8) is 0 Å². The van der Waals surface area contributed by atoms with Crippen molar-refractivity contribution in [1.82, 2.24) is 4.98 Å². The molecule has 1 rings (SSSR count). The van der Waals surface area contributed by atoms with Crippen molar-refractivity contribution in [2.75, 3.05) is 0 Å². The van der Waals surface area contributed by atoms with Gasteiger partial charge in [0.15, 0.2) is 0 Å². The Morgan fingerprint density at radius 2 is 2.00 bits per heavy atom. The van der Waals surface area contributed by atoms with E-state index in [2.05, 4.69) is 18.8 Å². The molecule has 0 aliphatic rings. The van der Waals surface area contributed by atoms with Crippen LogP contribution in [0.1, 0.15) is 47.1 Å². The van der Waals surface area contributed by atoms with Crippen LogP contribution < -0.4 is 0 Å². The number of carbonyl (C=O) groups is 1. The predicted octanol–water partition coefficient (Wildman–Crippen LogP) is 2.52. The summed E-state index contributed by atoms with van der Waals surface area (Å²) in [6.07, 6.45) is 0. The van der Waals surface area contributed by atoms with Crippen LogP contribution in [-0.2, 0) is 0 Å². The van der Waals surface area contributed by atoms with Gasteiger partial charge in [0.1, 0.15) is 0 Å². The zero-order valence-electron chi connectivity index (χ0n) is 8.96. The van der Waals surface area contributed by atoms with E-state index in [1.165, 1.54) is 0 Å². The highest BCUT2D eigenvalue weighted by molar-refractivity contribution is 5.89. The first-order valence-electron chi connectivity index (χ1n) is 4.65. The molecule has 0 atom stereocenters. The number of hydrogen-bond acceptors (Lipinski definition) is 2. The molecule has 0 aliphatic heterocycles. The average Bonchev–Trinajstić information content (AvgIpc) is 2.07. The smallest absolute Gasteiger partial charge is 0.337 e. The Bertz CT molecular complexity index is 370. The minimum atomic E-state index is -0.909. The fourth-order valence-electron chi connectivity index (χ4n) is 1.52. The van der Waals surface area contributed by atoms with E-state index in [4.69, 9.17) is 5.11 Å². The number of aromatic nitrogens is 1. The van der Waals surface area contributed by atoms with Crippen molar-refractivity contribution in [2.24, 2.45) is 0 Å². The lowest BCUT2D eigenvalue weighted by molar-refractivity contribution is 0.0695. The lowest BCUT2D eigenvalue weighted by atomic mass is 10.0. The maximum absolute atomic E-state index is 10.8. The second kappa shape index (κ2) is 3.78. The van der Waals surface area contributed by atoms with Gasteiger partial charge in [-0.05, 0) is 31.4 Å². The molecule has 0 aromatic carbocycles. The fourth-order valence-corrected chi connectivity index (χ4v) is 1.52. The van der Waals surface area contributed by atoms with Gasteiger partial charge >= 0.3 is 5.97 Å². The number of nitrogens with zero attached hydrogens (tertiary/aromatic N) is 1. The largest absolute Gasteiger partial charge is 0.478 e. The van der Waals surface area contributed by atoms with Crippen molar-refractivity contribution in [2.45, 2.75) is 33.6 Å². The summed E-state index contributed by atoms with van der Waals surface area (Å²) in [7, 11) is 0. The number of rotatable bonds is 2. The number of carboxylic acid groups (broad SMARTS) is 1. The van der Waals surface area contributed by atoms with Crippen LogP contribution in [-0.4, -0.2) is 16.1 Å². The van der Waals surface area contributed by atoms with Gasteiger partial charge in [0.05, 0.1) is 11.3 Å². The van der Waals surface area contributed by atoms with Crippen molar-refractivity contribution in [1.29, 1.82) is 0 Å². The second-order valence-electron chi connectivity index (χ2n) is 3.78. The van der Waals surface area contributed by atoms with Crippen LogP contribution >= 0.6 is 0 Å². The molecule has 0 bridgehead atoms. The maximum Gasteiger partial charge on any atom is 0.337 e. The van der Waals surface area contributed by atoms with Gasteiger partial charge in [-0.3, -0.25) is 4.98 Å². The highest BCUT2D eigenvalue weighted by Gasteiger charge is 2.13. The molecule has 0 amide bonds. The van der Waals surface area contributed by atoms with Gasteiger partial charge in [0.25, 0.3) is 0 Å². The van der Waals surface area contributed by atoms with E-state index in [-0.39, 0.29) is 0 Å². The molecule has 14 heavy (non-hydrogen) atoms. The van der Waals surface area contributed by atoms with Gasteiger partial charge in [-0.2, -0.15) is 0 Å². The lowest BCUT2D eigenvalue weighted by Crippen LogP contribution is -2.06. The highest BCUT2D eigenvalue weighted by Crippen LogP contribution is 2.19. The third-order valence-corrected chi connectivity index (χ3v) is 2.22. The SMILES string of the molecule is Cc1cc(C(=O)O)c(C)nc1C(C)C. The Balaban J connectivity index is 3.31. The molecule has 0 spiro atoms. The van der Waals surface area contributed by atoms with Crippen LogP contribution in [0.4, 0.5) is 0 Å². The number of hydrogen-bond donors (Lipinski definition) is 1. The maximum atomic E-state index is 10.8. The van der Waals surface area contributed by atoms with E-state index in [0.717, 1.165) is 11.3 Å². The molecule has 1 aromatic rings. The second-order valence-corrected chi connectivity index (χ2v) is 3.78. The van der Waals surface area contributed by atoms with Crippen LogP contribution in [0.3, 0.4) is 0 Å². The fraction of sp³-hybridized carbons (Fsp3) is 0.455. The van der Waals surface area contributed by atoms with E-state index < -0.39 is 5.97 Å². The molecule has 0 saturated carbocycles. The minimum absolute atomic E-state index is 0.298. The summed E-state index contributed by atoms with van der Waals surface area (Å²) in [6.45, 7) is 7.73. The average molecular weight is 193 g/mol. The zero-order chi connectivity index (χ0) is 10.9. The first kappa shape index (κ1) is 10.7. The van der Waals surface area contributed by atoms with Crippen molar-refractivity contribution in [3.8, 4) is 0 Å². The van der Waals surface area contributed by atoms with Crippen molar-refractivity contribution >= 4 is 5.97 Å². The van der Waals surface area contributed by atoms with Crippen LogP contribution in [0.5, 0.6) is 0 Å². The van der Waals surface area contributed by atoms with Crippen molar-refractivity contribution in [3.05, 3.63) is 28.6 Å². The summed E-state index contributed by atoms with van der Waals surface area (Å²) < 4.78 is 0. The summed E-state index contributed by atoms with van der Waals surface area (Å²) in [4.78, 5) is 15.1. The van der Waals surface area contributed by atoms with Crippen LogP contribution in [0.15, 0.2) is 6.07 Å². The molecule has 76 valence electrons. The number of aromatic carboxylic acids is 1. The summed E-state index contributed by atoms with van der Waals surface area (Å²) in [5.74, 6) is -0.579. The molecule has 3 nitrogen and oxygen atoms in total. The van der Waals surface area contributed by atoms with Gasteiger partial charge < -0.3 is 5.11 Å². The highest BCUT2D eigenvalue weighted by atomic mass is 16.4. The molecular weight excluding hydrogens is 178 g/mol. The lowest BCUT2D eigenvalue weighted by Gasteiger charge is -2.11. The molecule has 0 radical (unpaired) electrons. The number of aryl methyl sites for hydroxylation is 2. The van der Waals surface area contributed by atoms with Gasteiger partial charge in [-0.25, -0.2) is 4.79 Å². The third-order valence-electron chi connectivity index (χ3n) is 2.22. The minimum Gasteiger partial charge on any atom is -0.478 e. The van der Waals surface area contributed by atoms with Crippen molar-refractivity contribution < 1.29 is 9.90 Å². The van der Waals surface area contributed by atoms with E-state index in [1.54, 1.807) is 13.0 Å². The Hall–Kier alpha value is -1.38. The molecule has 1 N–H and O–H groups in total. The Morgan fingerprint density at radius 3 is 2.43 bits per heavy atom. The number of pyridine rings is 1. The van der Waals surface area contributed by atoms with Gasteiger partial charge in [-0.1, -0.05) is 13.8 Å². The standard InChI is InChI=1S/C11H15NO2/c1-6(2)10-7(3)5-9(11(13)14)8(4)12-10/h5-6H,1-4H3,(H,13,14). The zero-order valence-corrected chi connectivity index (χ0v) is 8.96. The van der Waals surface area contributed by atoms with Gasteiger partial charge in [0.2, 0.25) is 0 Å². The quantitative estimate of drug-likeness (QED) is 0.785. The summed E-state index contributed by atoms with van der Waals surface area (Å²) >= 11 is 0. The van der Waals surface area contributed by atoms with E-state index in [0.29, 0.717) is 17.2 Å². The predicted molar refractivity (Wildman–Crippen MR) is 54.8 cm³/mol. The first-order chi connectivity index (χ1) is 6.43. The Kier molecular flexibility index (Phi) is 2.89. The molecular formula is C11H15NO2. The Labute approximate surface area is 83.8 Å².